The number of amides is 1. The van der Waals surface area contributed by atoms with Crippen molar-refractivity contribution in [2.24, 2.45) is 0 Å². The molecule has 1 aliphatic heterocycles. The monoisotopic (exact) mass is 446 g/mol. The van der Waals surface area contributed by atoms with Crippen molar-refractivity contribution in [2.45, 2.75) is 38.3 Å². The van der Waals surface area contributed by atoms with Gasteiger partial charge in [-0.2, -0.15) is 0 Å². The molecule has 3 rings (SSSR count). The van der Waals surface area contributed by atoms with Gasteiger partial charge in [-0.15, -0.1) is 0 Å². The molecule has 2 aromatic carbocycles. The number of aliphatic hydroxyl groups is 1. The number of benzene rings is 2. The maximum atomic E-state index is 12.4. The van der Waals surface area contributed by atoms with Crippen LogP contribution >= 0.6 is 11.6 Å². The smallest absolute Gasteiger partial charge is 0.234 e. The van der Waals surface area contributed by atoms with Crippen molar-refractivity contribution in [3.8, 4) is 11.5 Å². The largest absolute Gasteiger partial charge is 0.496 e. The van der Waals surface area contributed by atoms with Crippen LogP contribution in [-0.4, -0.2) is 54.9 Å². The quantitative estimate of drug-likeness (QED) is 0.648. The van der Waals surface area contributed by atoms with Crippen molar-refractivity contribution in [1.29, 1.82) is 0 Å². The lowest BCUT2D eigenvalue weighted by atomic mass is 9.96. The number of nitrogens with zero attached hydrogens (tertiary/aromatic N) is 1. The number of halogens is 1. The summed E-state index contributed by atoms with van der Waals surface area (Å²) in [6.07, 6.45) is 1.95. The summed E-state index contributed by atoms with van der Waals surface area (Å²) in [6.45, 7) is 4.27. The SMILES string of the molecule is COc1ccccc1CNC(=O)CN1CCCC(O)(COc2cc(C)ccc2Cl)CC1. The Morgan fingerprint density at radius 2 is 2.00 bits per heavy atom. The van der Waals surface area contributed by atoms with Gasteiger partial charge in [-0.25, -0.2) is 0 Å². The molecule has 1 amide bonds. The molecule has 31 heavy (non-hydrogen) atoms. The van der Waals surface area contributed by atoms with Gasteiger partial charge in [0.1, 0.15) is 18.1 Å². The van der Waals surface area contributed by atoms with Crippen molar-refractivity contribution in [2.75, 3.05) is 33.4 Å². The number of ether oxygens (including phenoxy) is 2. The molecule has 2 N–H and O–H groups in total. The molecule has 1 unspecified atom stereocenters. The first-order chi connectivity index (χ1) is 14.9. The number of hydrogen-bond acceptors (Lipinski definition) is 5. The van der Waals surface area contributed by atoms with E-state index in [0.717, 1.165) is 29.8 Å². The van der Waals surface area contributed by atoms with Crippen LogP contribution in [0.5, 0.6) is 11.5 Å². The Kier molecular flexibility index (Phi) is 8.18. The second-order valence-corrected chi connectivity index (χ2v) is 8.57. The normalized spacial score (nSPS) is 19.5. The zero-order valence-corrected chi connectivity index (χ0v) is 19.0. The number of rotatable bonds is 8. The Labute approximate surface area is 189 Å². The number of carbonyl (C=O) groups excluding carboxylic acids is 1. The number of para-hydroxylation sites is 1. The van der Waals surface area contributed by atoms with E-state index in [4.69, 9.17) is 21.1 Å². The van der Waals surface area contributed by atoms with Gasteiger partial charge < -0.3 is 19.9 Å². The first kappa shape index (κ1) is 23.4. The zero-order valence-electron chi connectivity index (χ0n) is 18.2. The van der Waals surface area contributed by atoms with E-state index in [9.17, 15) is 9.90 Å². The molecular formula is C24H31ClN2O4. The van der Waals surface area contributed by atoms with Crippen LogP contribution in [0.25, 0.3) is 0 Å². The molecule has 1 heterocycles. The molecule has 0 radical (unpaired) electrons. The lowest BCUT2D eigenvalue weighted by Crippen LogP contribution is -2.40. The highest BCUT2D eigenvalue weighted by Crippen LogP contribution is 2.29. The fourth-order valence-electron chi connectivity index (χ4n) is 3.77. The fourth-order valence-corrected chi connectivity index (χ4v) is 3.94. The van der Waals surface area contributed by atoms with Crippen LogP contribution in [0.3, 0.4) is 0 Å². The molecule has 0 saturated carbocycles. The maximum Gasteiger partial charge on any atom is 0.234 e. The molecule has 7 heteroatoms. The Morgan fingerprint density at radius 3 is 2.81 bits per heavy atom. The van der Waals surface area contributed by atoms with Gasteiger partial charge in [-0.05, 0) is 56.5 Å². The maximum absolute atomic E-state index is 12.4. The number of methoxy groups -OCH3 is 1. The standard InChI is InChI=1S/C24H31ClN2O4/c1-18-8-9-20(25)22(14-18)31-17-24(29)10-5-12-27(13-11-24)16-23(28)26-15-19-6-3-4-7-21(19)30-2/h3-4,6-9,14,29H,5,10-13,15-17H2,1-2H3,(H,26,28). The highest BCUT2D eigenvalue weighted by molar-refractivity contribution is 6.32. The van der Waals surface area contributed by atoms with Crippen LogP contribution in [-0.2, 0) is 11.3 Å². The van der Waals surface area contributed by atoms with Crippen LogP contribution < -0.4 is 14.8 Å². The van der Waals surface area contributed by atoms with Gasteiger partial charge >= 0.3 is 0 Å². The van der Waals surface area contributed by atoms with E-state index < -0.39 is 5.60 Å². The second-order valence-electron chi connectivity index (χ2n) is 8.17. The molecule has 1 aliphatic rings. The number of hydrogen-bond donors (Lipinski definition) is 2. The van der Waals surface area contributed by atoms with Crippen LogP contribution in [0.4, 0.5) is 0 Å². The third-order valence-corrected chi connectivity index (χ3v) is 5.94. The van der Waals surface area contributed by atoms with Crippen molar-refractivity contribution in [1.82, 2.24) is 10.2 Å². The summed E-state index contributed by atoms with van der Waals surface area (Å²) in [6, 6.07) is 13.2. The number of nitrogens with one attached hydrogen (secondary N) is 1. The minimum Gasteiger partial charge on any atom is -0.496 e. The minimum absolute atomic E-state index is 0.0425. The van der Waals surface area contributed by atoms with Gasteiger partial charge in [0.05, 0.1) is 24.3 Å². The molecule has 0 bridgehead atoms. The van der Waals surface area contributed by atoms with E-state index in [0.29, 0.717) is 43.2 Å². The third-order valence-electron chi connectivity index (χ3n) is 5.63. The van der Waals surface area contributed by atoms with Crippen LogP contribution in [0.15, 0.2) is 42.5 Å². The summed E-state index contributed by atoms with van der Waals surface area (Å²) in [7, 11) is 1.62. The second kappa shape index (κ2) is 10.8. The molecular weight excluding hydrogens is 416 g/mol. The molecule has 0 aliphatic carbocycles. The van der Waals surface area contributed by atoms with Crippen LogP contribution in [0.2, 0.25) is 5.02 Å². The summed E-state index contributed by atoms with van der Waals surface area (Å²) >= 11 is 6.20. The highest BCUT2D eigenvalue weighted by Gasteiger charge is 2.31. The van der Waals surface area contributed by atoms with E-state index in [-0.39, 0.29) is 12.5 Å². The molecule has 6 nitrogen and oxygen atoms in total. The average Bonchev–Trinajstić information content (AvgIpc) is 2.95. The summed E-state index contributed by atoms with van der Waals surface area (Å²) < 4.78 is 11.2. The van der Waals surface area contributed by atoms with Gasteiger partial charge in [-0.3, -0.25) is 9.69 Å². The van der Waals surface area contributed by atoms with E-state index >= 15 is 0 Å². The Balaban J connectivity index is 1.47. The molecule has 0 aromatic heterocycles. The Hall–Kier alpha value is -2.28. The first-order valence-electron chi connectivity index (χ1n) is 10.6. The molecule has 2 aromatic rings. The van der Waals surface area contributed by atoms with Crippen LogP contribution in [0, 0.1) is 6.92 Å². The van der Waals surface area contributed by atoms with Crippen molar-refractivity contribution >= 4 is 17.5 Å². The molecule has 168 valence electrons. The first-order valence-corrected chi connectivity index (χ1v) is 11.0. The van der Waals surface area contributed by atoms with E-state index in [1.54, 1.807) is 13.2 Å². The molecule has 1 atom stereocenters. The summed E-state index contributed by atoms with van der Waals surface area (Å²) in [4.78, 5) is 14.5. The van der Waals surface area contributed by atoms with E-state index in [1.807, 2.05) is 43.3 Å². The lowest BCUT2D eigenvalue weighted by molar-refractivity contribution is -0.122. The number of carbonyl (C=O) groups is 1. The fraction of sp³-hybridized carbons (Fsp3) is 0.458. The topological polar surface area (TPSA) is 71.0 Å². The van der Waals surface area contributed by atoms with E-state index in [1.165, 1.54) is 0 Å². The lowest BCUT2D eigenvalue weighted by Gasteiger charge is -2.27. The van der Waals surface area contributed by atoms with Gasteiger partial charge in [0.25, 0.3) is 0 Å². The summed E-state index contributed by atoms with van der Waals surface area (Å²) in [5, 5.41) is 14.5. The molecule has 1 saturated heterocycles. The van der Waals surface area contributed by atoms with Gasteiger partial charge in [0, 0.05) is 18.7 Å². The zero-order chi connectivity index (χ0) is 22.3. The Bertz CT molecular complexity index is 892. The third kappa shape index (κ3) is 6.86. The van der Waals surface area contributed by atoms with Gasteiger partial charge in [0.2, 0.25) is 5.91 Å². The van der Waals surface area contributed by atoms with Crippen LogP contribution in [0.1, 0.15) is 30.4 Å². The highest BCUT2D eigenvalue weighted by atomic mass is 35.5. The number of aryl methyl sites for hydroxylation is 1. The van der Waals surface area contributed by atoms with Crippen molar-refractivity contribution in [3.05, 3.63) is 58.6 Å². The summed E-state index contributed by atoms with van der Waals surface area (Å²) in [5.74, 6) is 1.31. The van der Waals surface area contributed by atoms with E-state index in [2.05, 4.69) is 10.2 Å². The Morgan fingerprint density at radius 1 is 1.19 bits per heavy atom. The summed E-state index contributed by atoms with van der Waals surface area (Å²) in [5.41, 5.74) is 1.06. The molecule has 1 fully saturated rings. The van der Waals surface area contributed by atoms with Gasteiger partial charge in [-0.1, -0.05) is 35.9 Å². The predicted molar refractivity (Wildman–Crippen MR) is 122 cm³/mol. The van der Waals surface area contributed by atoms with Crippen molar-refractivity contribution < 1.29 is 19.4 Å². The molecule has 0 spiro atoms. The van der Waals surface area contributed by atoms with Gasteiger partial charge in [0.15, 0.2) is 0 Å². The predicted octanol–water partition coefficient (Wildman–Crippen LogP) is 3.57. The minimum atomic E-state index is -0.935. The number of likely N-dealkylation sites (tertiary alicyclic amines) is 1. The average molecular weight is 447 g/mol. The van der Waals surface area contributed by atoms with Crippen molar-refractivity contribution in [3.63, 3.8) is 0 Å².